The zero-order chi connectivity index (χ0) is 28.6. The second kappa shape index (κ2) is 13.0. The van der Waals surface area contributed by atoms with Crippen molar-refractivity contribution in [2.45, 2.75) is 26.9 Å². The van der Waals surface area contributed by atoms with E-state index in [0.717, 1.165) is 21.6 Å². The number of carbonyl (C=O) groups excluding carboxylic acids is 3. The second-order valence-electron chi connectivity index (χ2n) is 9.11. The zero-order valence-corrected chi connectivity index (χ0v) is 23.1. The second-order valence-corrected chi connectivity index (χ2v) is 9.52. The topological polar surface area (TPSA) is 97.0 Å². The number of benzene rings is 3. The van der Waals surface area contributed by atoms with E-state index in [1.807, 2.05) is 50.2 Å². The molecule has 2 N–H and O–H groups in total. The largest absolute Gasteiger partial charge is 0.490 e. The monoisotopic (exact) mass is 559 g/mol. The van der Waals surface area contributed by atoms with Gasteiger partial charge >= 0.3 is 6.03 Å². The van der Waals surface area contributed by atoms with Crippen molar-refractivity contribution in [3.8, 4) is 11.5 Å². The first-order valence-corrected chi connectivity index (χ1v) is 13.1. The highest BCUT2D eigenvalue weighted by atomic mass is 35.5. The van der Waals surface area contributed by atoms with Gasteiger partial charge in [-0.25, -0.2) is 9.69 Å². The van der Waals surface area contributed by atoms with Gasteiger partial charge in [-0.2, -0.15) is 0 Å². The highest BCUT2D eigenvalue weighted by Gasteiger charge is 2.35. The molecule has 3 aromatic rings. The molecule has 1 aliphatic heterocycles. The summed E-state index contributed by atoms with van der Waals surface area (Å²) in [7, 11) is 0. The third-order valence-electron chi connectivity index (χ3n) is 6.02. The number of hydrogen-bond donors (Lipinski definition) is 2. The van der Waals surface area contributed by atoms with Crippen molar-refractivity contribution >= 4 is 41.2 Å². The lowest BCUT2D eigenvalue weighted by molar-refractivity contribution is -0.127. The summed E-state index contributed by atoms with van der Waals surface area (Å²) in [4.78, 5) is 39.0. The molecule has 9 heteroatoms. The SMILES string of the molecule is C=CCc1cc(/C=C2/NC(=O)N(CC(=O)Nc3cccc(C)c3)C2=O)cc(OCC)c1OCc1ccccc1Cl. The van der Waals surface area contributed by atoms with Crippen LogP contribution in [0, 0.1) is 6.92 Å². The molecule has 0 spiro atoms. The fraction of sp³-hybridized carbons (Fsp3) is 0.194. The molecule has 1 aliphatic rings. The predicted octanol–water partition coefficient (Wildman–Crippen LogP) is 5.89. The molecule has 1 fully saturated rings. The lowest BCUT2D eigenvalue weighted by Crippen LogP contribution is -2.38. The van der Waals surface area contributed by atoms with E-state index in [2.05, 4.69) is 17.2 Å². The third kappa shape index (κ3) is 6.90. The van der Waals surface area contributed by atoms with E-state index < -0.39 is 24.4 Å². The van der Waals surface area contributed by atoms with Gasteiger partial charge in [0.1, 0.15) is 18.8 Å². The van der Waals surface area contributed by atoms with Gasteiger partial charge in [-0.1, -0.05) is 48.0 Å². The molecule has 4 rings (SSSR count). The van der Waals surface area contributed by atoms with Crippen LogP contribution in [0.4, 0.5) is 10.5 Å². The summed E-state index contributed by atoms with van der Waals surface area (Å²) in [6, 6.07) is 17.6. The van der Waals surface area contributed by atoms with Gasteiger partial charge in [0.2, 0.25) is 5.91 Å². The average molecular weight is 560 g/mol. The van der Waals surface area contributed by atoms with Gasteiger partial charge in [-0.3, -0.25) is 9.59 Å². The van der Waals surface area contributed by atoms with Crippen molar-refractivity contribution in [3.63, 3.8) is 0 Å². The first-order valence-electron chi connectivity index (χ1n) is 12.8. The van der Waals surface area contributed by atoms with Crippen LogP contribution in [0.2, 0.25) is 5.02 Å². The number of aryl methyl sites for hydroxylation is 1. The summed E-state index contributed by atoms with van der Waals surface area (Å²) in [5.74, 6) is -0.0686. The van der Waals surface area contributed by atoms with Gasteiger partial charge < -0.3 is 20.1 Å². The number of halogens is 1. The molecule has 8 nitrogen and oxygen atoms in total. The van der Waals surface area contributed by atoms with Gasteiger partial charge in [-0.15, -0.1) is 6.58 Å². The van der Waals surface area contributed by atoms with E-state index in [4.69, 9.17) is 21.1 Å². The Kier molecular flexibility index (Phi) is 9.24. The van der Waals surface area contributed by atoms with Gasteiger partial charge in [-0.05, 0) is 67.8 Å². The summed E-state index contributed by atoms with van der Waals surface area (Å²) in [6.07, 6.45) is 3.76. The Bertz CT molecular complexity index is 1480. The van der Waals surface area contributed by atoms with E-state index in [1.54, 1.807) is 36.4 Å². The standard InChI is InChI=1S/C31H30ClN3O5/c1-4-9-22-15-21(17-27(39-5-2)29(22)40-19-23-11-6-7-13-25(23)32)16-26-30(37)35(31(38)34-26)18-28(36)33-24-12-8-10-20(3)14-24/h4,6-8,10-17H,1,5,9,18-19H2,2-3H3,(H,33,36)(H,34,38)/b26-16+. The maximum atomic E-state index is 13.1. The van der Waals surface area contributed by atoms with Crippen molar-refractivity contribution in [2.24, 2.45) is 0 Å². The van der Waals surface area contributed by atoms with E-state index >= 15 is 0 Å². The molecule has 40 heavy (non-hydrogen) atoms. The van der Waals surface area contributed by atoms with Gasteiger partial charge in [0, 0.05) is 21.8 Å². The van der Waals surface area contributed by atoms with E-state index in [9.17, 15) is 14.4 Å². The predicted molar refractivity (Wildman–Crippen MR) is 155 cm³/mol. The number of amides is 4. The Morgan fingerprint density at radius 2 is 1.88 bits per heavy atom. The van der Waals surface area contributed by atoms with Crippen LogP contribution >= 0.6 is 11.6 Å². The molecule has 0 radical (unpaired) electrons. The maximum absolute atomic E-state index is 13.1. The van der Waals surface area contributed by atoms with Crippen molar-refractivity contribution in [1.29, 1.82) is 0 Å². The number of imide groups is 1. The summed E-state index contributed by atoms with van der Waals surface area (Å²) in [5.41, 5.74) is 3.83. The Hall–Kier alpha value is -4.56. The number of carbonyl (C=O) groups is 3. The normalized spacial score (nSPS) is 13.8. The molecule has 206 valence electrons. The summed E-state index contributed by atoms with van der Waals surface area (Å²) >= 11 is 6.30. The van der Waals surface area contributed by atoms with E-state index in [1.165, 1.54) is 0 Å². The van der Waals surface area contributed by atoms with Crippen LogP contribution in [0.1, 0.15) is 29.2 Å². The highest BCUT2D eigenvalue weighted by molar-refractivity contribution is 6.31. The van der Waals surface area contributed by atoms with Crippen LogP contribution in [0.15, 0.2) is 79.0 Å². The number of allylic oxidation sites excluding steroid dienone is 1. The van der Waals surface area contributed by atoms with E-state index in [-0.39, 0.29) is 12.3 Å². The van der Waals surface area contributed by atoms with E-state index in [0.29, 0.717) is 40.8 Å². The Labute approximate surface area is 238 Å². The van der Waals surface area contributed by atoms with Crippen molar-refractivity contribution in [1.82, 2.24) is 10.2 Å². The molecular formula is C31H30ClN3O5. The molecule has 0 atom stereocenters. The van der Waals surface area contributed by atoms with Gasteiger partial charge in [0.15, 0.2) is 11.5 Å². The van der Waals surface area contributed by atoms with Crippen LogP contribution in [0.5, 0.6) is 11.5 Å². The molecule has 0 unspecified atom stereocenters. The third-order valence-corrected chi connectivity index (χ3v) is 6.39. The number of hydrogen-bond acceptors (Lipinski definition) is 5. The Morgan fingerprint density at radius 3 is 2.60 bits per heavy atom. The van der Waals surface area contributed by atoms with Crippen molar-refractivity contribution < 1.29 is 23.9 Å². The van der Waals surface area contributed by atoms with Crippen LogP contribution in [0.3, 0.4) is 0 Å². The average Bonchev–Trinajstić information content (AvgIpc) is 3.16. The van der Waals surface area contributed by atoms with Gasteiger partial charge in [0.25, 0.3) is 5.91 Å². The minimum atomic E-state index is -0.674. The summed E-state index contributed by atoms with van der Waals surface area (Å²) in [5, 5.41) is 5.87. The molecule has 4 amide bonds. The maximum Gasteiger partial charge on any atom is 0.329 e. The fourth-order valence-electron chi connectivity index (χ4n) is 4.21. The molecule has 0 bridgehead atoms. The minimum Gasteiger partial charge on any atom is -0.490 e. The summed E-state index contributed by atoms with van der Waals surface area (Å²) in [6.45, 7) is 7.80. The van der Waals surface area contributed by atoms with Gasteiger partial charge in [0.05, 0.1) is 6.61 Å². The quantitative estimate of drug-likeness (QED) is 0.173. The molecule has 0 aliphatic carbocycles. The van der Waals surface area contributed by atoms with Crippen molar-refractivity contribution in [2.75, 3.05) is 18.5 Å². The number of nitrogens with one attached hydrogen (secondary N) is 2. The minimum absolute atomic E-state index is 0.0464. The van der Waals surface area contributed by atoms with Crippen LogP contribution in [0.25, 0.3) is 6.08 Å². The molecule has 3 aromatic carbocycles. The lowest BCUT2D eigenvalue weighted by atomic mass is 10.0. The van der Waals surface area contributed by atoms with Crippen LogP contribution in [-0.2, 0) is 22.6 Å². The number of nitrogens with zero attached hydrogens (tertiary/aromatic N) is 1. The first-order chi connectivity index (χ1) is 19.3. The van der Waals surface area contributed by atoms with Crippen LogP contribution < -0.4 is 20.1 Å². The molecule has 0 saturated carbocycles. The molecular weight excluding hydrogens is 530 g/mol. The first kappa shape index (κ1) is 28.4. The fourth-order valence-corrected chi connectivity index (χ4v) is 4.41. The molecule has 0 aromatic heterocycles. The number of urea groups is 1. The van der Waals surface area contributed by atoms with Crippen LogP contribution in [-0.4, -0.2) is 35.9 Å². The lowest BCUT2D eigenvalue weighted by Gasteiger charge is -2.17. The van der Waals surface area contributed by atoms with Crippen molar-refractivity contribution in [3.05, 3.63) is 106 Å². The number of rotatable bonds is 11. The Morgan fingerprint density at radius 1 is 1.07 bits per heavy atom. The number of anilines is 1. The Balaban J connectivity index is 1.55. The molecule has 1 heterocycles. The zero-order valence-electron chi connectivity index (χ0n) is 22.3. The highest BCUT2D eigenvalue weighted by Crippen LogP contribution is 2.36. The number of ether oxygens (including phenoxy) is 2. The summed E-state index contributed by atoms with van der Waals surface area (Å²) < 4.78 is 12.0. The smallest absolute Gasteiger partial charge is 0.329 e. The molecule has 1 saturated heterocycles.